The smallest absolute Gasteiger partial charge is 0.137 e. The van der Waals surface area contributed by atoms with E-state index in [0.29, 0.717) is 6.67 Å². The number of pyridine rings is 1. The number of aromatic nitrogens is 3. The lowest BCUT2D eigenvalue weighted by atomic mass is 9.82. The van der Waals surface area contributed by atoms with Gasteiger partial charge in [0.2, 0.25) is 0 Å². The first kappa shape index (κ1) is 45.9. The largest absolute Gasteiger partial charge is 0.457 e. The minimum Gasteiger partial charge on any atom is -0.457 e. The van der Waals surface area contributed by atoms with Crippen LogP contribution in [0.4, 0.5) is 11.4 Å². The van der Waals surface area contributed by atoms with Gasteiger partial charge in [-0.2, -0.15) is 0 Å². The highest BCUT2D eigenvalue weighted by Gasteiger charge is 2.27. The summed E-state index contributed by atoms with van der Waals surface area (Å²) >= 11 is 0. The molecule has 9 aromatic carbocycles. The Hall–Kier alpha value is -8.67. The molecule has 0 saturated carbocycles. The van der Waals surface area contributed by atoms with Crippen molar-refractivity contribution in [2.75, 3.05) is 4.90 Å². The van der Waals surface area contributed by atoms with Crippen LogP contribution in [0, 0.1) is 0 Å². The van der Waals surface area contributed by atoms with E-state index in [0.717, 1.165) is 78.2 Å². The van der Waals surface area contributed by atoms with E-state index in [1.54, 1.807) is 0 Å². The first-order valence-corrected chi connectivity index (χ1v) is 26.6. The van der Waals surface area contributed by atoms with Crippen LogP contribution in [0.5, 0.6) is 11.5 Å². The number of ether oxygens (including phenoxy) is 1. The van der Waals surface area contributed by atoms with Gasteiger partial charge < -0.3 is 14.2 Å². The third-order valence-corrected chi connectivity index (χ3v) is 15.6. The van der Waals surface area contributed by atoms with Crippen molar-refractivity contribution in [1.82, 2.24) is 14.1 Å². The zero-order valence-corrected chi connectivity index (χ0v) is 44.6. The number of rotatable bonds is 7. The first-order chi connectivity index (χ1) is 37.1. The maximum absolute atomic E-state index is 9.31. The molecule has 0 radical (unpaired) electrons. The number of hydrogen-bond acceptors (Lipinski definition) is 3. The topological polar surface area (TPSA) is 35.2 Å². The Labute approximate surface area is 447 Å². The van der Waals surface area contributed by atoms with Crippen LogP contribution in [0.2, 0.25) is 0 Å². The molecule has 13 rings (SSSR count). The summed E-state index contributed by atoms with van der Waals surface area (Å²) in [6.45, 7) is 18.1. The number of hydrogen-bond donors (Lipinski definition) is 0. The number of nitrogens with zero attached hydrogens (tertiary/aromatic N) is 4. The van der Waals surface area contributed by atoms with Gasteiger partial charge in [0.05, 0.1) is 27.8 Å². The van der Waals surface area contributed by atoms with Crippen LogP contribution in [0.1, 0.15) is 79.3 Å². The summed E-state index contributed by atoms with van der Waals surface area (Å²) in [4.78, 5) is 7.46. The van der Waals surface area contributed by atoms with E-state index in [9.17, 15) is 1.37 Å². The molecule has 1 aliphatic rings. The molecule has 5 nitrogen and oxygen atoms in total. The predicted molar refractivity (Wildman–Crippen MR) is 322 cm³/mol. The van der Waals surface area contributed by atoms with Crippen molar-refractivity contribution in [1.29, 1.82) is 0 Å². The summed E-state index contributed by atoms with van der Waals surface area (Å²) in [5.74, 6) is 1.55. The molecular formula is C71H62N4O. The van der Waals surface area contributed by atoms with Crippen LogP contribution in [-0.4, -0.2) is 14.1 Å². The lowest BCUT2D eigenvalue weighted by Gasteiger charge is -2.23. The number of benzene rings is 9. The molecule has 0 atom stereocenters. The fourth-order valence-corrected chi connectivity index (χ4v) is 11.7. The standard InChI is InChI=1S/C71H62N4O/c1-45(2)47-38-48(40-50(39-47)71(6,7)8)55-29-17-30-60-58-26-14-12-24-56(58)57-25-13-15-27-59(57)61-31-19-33-64-69(61)74(68(55)60)44-73(64)51-22-16-23-52(42-51)76-53-34-35-62-65(43-53)75(66-41-49(36-37-72-66)70(3,4)5)63-32-18-28-54(67(62)63)46-20-10-9-11-21-46/h9-43,45H,44H2,1-8H3/i45D. The van der Waals surface area contributed by atoms with E-state index in [1.165, 1.54) is 54.6 Å². The third kappa shape index (κ3) is 7.96. The maximum atomic E-state index is 9.31. The first-order valence-electron chi connectivity index (χ1n) is 27.1. The molecule has 76 heavy (non-hydrogen) atoms. The second-order valence-corrected chi connectivity index (χ2v) is 22.8. The van der Waals surface area contributed by atoms with Gasteiger partial charge in [-0.15, -0.1) is 0 Å². The van der Waals surface area contributed by atoms with Crippen LogP contribution in [0.25, 0.3) is 93.2 Å². The van der Waals surface area contributed by atoms with Crippen LogP contribution in [-0.2, 0) is 17.5 Å². The Morgan fingerprint density at radius 3 is 1.82 bits per heavy atom. The zero-order chi connectivity index (χ0) is 53.0. The average Bonchev–Trinajstić information content (AvgIpc) is 4.12. The van der Waals surface area contributed by atoms with Crippen molar-refractivity contribution in [2.45, 2.75) is 78.8 Å². The van der Waals surface area contributed by atoms with Gasteiger partial charge in [-0.1, -0.05) is 201 Å². The molecule has 12 aromatic rings. The third-order valence-electron chi connectivity index (χ3n) is 15.6. The second-order valence-electron chi connectivity index (χ2n) is 22.8. The Bertz CT molecular complexity index is 4380. The molecule has 0 fully saturated rings. The Balaban J connectivity index is 1.00. The average molecular weight is 988 g/mol. The molecule has 0 unspecified atom stereocenters. The fraction of sp³-hybridized carbons (Fsp3) is 0.169. The lowest BCUT2D eigenvalue weighted by Crippen LogP contribution is -2.15. The molecule has 3 aromatic heterocycles. The fourth-order valence-electron chi connectivity index (χ4n) is 11.7. The highest BCUT2D eigenvalue weighted by atomic mass is 16.5. The predicted octanol–water partition coefficient (Wildman–Crippen LogP) is 19.7. The van der Waals surface area contributed by atoms with Gasteiger partial charge in [0.1, 0.15) is 24.0 Å². The van der Waals surface area contributed by atoms with E-state index in [2.05, 4.69) is 262 Å². The van der Waals surface area contributed by atoms with Crippen molar-refractivity contribution in [3.63, 3.8) is 0 Å². The maximum Gasteiger partial charge on any atom is 0.137 e. The molecule has 0 aliphatic carbocycles. The lowest BCUT2D eigenvalue weighted by molar-refractivity contribution is 0.483. The van der Waals surface area contributed by atoms with E-state index < -0.39 is 5.89 Å². The summed E-state index contributed by atoms with van der Waals surface area (Å²) in [5, 5.41) is 9.40. The summed E-state index contributed by atoms with van der Waals surface area (Å²) in [6.07, 6.45) is 1.94. The number of fused-ring (bicyclic) bond motifs is 10. The minimum absolute atomic E-state index is 0.0571. The molecule has 0 spiro atoms. The summed E-state index contributed by atoms with van der Waals surface area (Å²) in [7, 11) is 0. The minimum atomic E-state index is -0.798. The molecular weight excluding hydrogens is 925 g/mol. The molecule has 372 valence electrons. The highest BCUT2D eigenvalue weighted by molar-refractivity contribution is 6.22. The van der Waals surface area contributed by atoms with Crippen molar-refractivity contribution >= 4 is 76.5 Å². The van der Waals surface area contributed by atoms with Crippen LogP contribution in [0.3, 0.4) is 0 Å². The normalized spacial score (nSPS) is 13.1. The molecule has 4 heterocycles. The van der Waals surface area contributed by atoms with Gasteiger partial charge in [-0.3, -0.25) is 4.57 Å². The van der Waals surface area contributed by atoms with Gasteiger partial charge in [-0.25, -0.2) is 4.98 Å². The van der Waals surface area contributed by atoms with Gasteiger partial charge in [-0.05, 0) is 120 Å². The summed E-state index contributed by atoms with van der Waals surface area (Å²) in [5.41, 5.74) is 14.4. The summed E-state index contributed by atoms with van der Waals surface area (Å²) in [6, 6.07) is 74.8. The summed E-state index contributed by atoms with van der Waals surface area (Å²) < 4.78 is 21.2. The van der Waals surface area contributed by atoms with Crippen molar-refractivity contribution in [2.24, 2.45) is 0 Å². The number of anilines is 2. The van der Waals surface area contributed by atoms with Crippen molar-refractivity contribution in [3.05, 3.63) is 229 Å². The molecule has 1 aliphatic heterocycles. The molecule has 0 bridgehead atoms. The van der Waals surface area contributed by atoms with E-state index >= 15 is 0 Å². The van der Waals surface area contributed by atoms with Crippen molar-refractivity contribution < 1.29 is 6.11 Å². The second kappa shape index (κ2) is 18.0. The molecule has 0 N–H and O–H groups in total. The quantitative estimate of drug-likeness (QED) is 0.160. The van der Waals surface area contributed by atoms with Crippen molar-refractivity contribution in [3.8, 4) is 39.6 Å². The number of para-hydroxylation sites is 2. The highest BCUT2D eigenvalue weighted by Crippen LogP contribution is 2.47. The van der Waals surface area contributed by atoms with Gasteiger partial charge in [0, 0.05) is 52.5 Å². The Morgan fingerprint density at radius 2 is 1.11 bits per heavy atom. The molecule has 0 saturated heterocycles. The van der Waals surface area contributed by atoms with Crippen LogP contribution in [0.15, 0.2) is 212 Å². The van der Waals surface area contributed by atoms with Crippen LogP contribution < -0.4 is 9.64 Å². The van der Waals surface area contributed by atoms with Gasteiger partial charge >= 0.3 is 0 Å². The monoisotopic (exact) mass is 987 g/mol. The molecule has 0 amide bonds. The van der Waals surface area contributed by atoms with E-state index in [1.807, 2.05) is 20.0 Å². The zero-order valence-electron chi connectivity index (χ0n) is 45.6. The Morgan fingerprint density at radius 1 is 0.487 bits per heavy atom. The van der Waals surface area contributed by atoms with Crippen LogP contribution >= 0.6 is 0 Å². The SMILES string of the molecule is [2H]C(C)(C)c1cc(-c2cccc3c4ccccc4c4ccccc4c4cccc5c4n(c23)CN5c2cccc(Oc3ccc4c5c(-c6ccccc6)cccc5n(-c5cc(C(C)(C)C)ccn5)c4c3)c2)cc(C(C)(C)C)c1. The van der Waals surface area contributed by atoms with Gasteiger partial charge in [0.15, 0.2) is 0 Å². The Kier molecular flexibility index (Phi) is 10.9. The van der Waals surface area contributed by atoms with Gasteiger partial charge in [0.25, 0.3) is 0 Å². The molecule has 5 heteroatoms. The van der Waals surface area contributed by atoms with E-state index in [-0.39, 0.29) is 10.8 Å². The van der Waals surface area contributed by atoms with E-state index in [4.69, 9.17) is 9.72 Å².